The summed E-state index contributed by atoms with van der Waals surface area (Å²) >= 11 is 0. The Morgan fingerprint density at radius 2 is 2.00 bits per heavy atom. The number of hydrogen-bond acceptors (Lipinski definition) is 3. The molecule has 1 aliphatic rings. The van der Waals surface area contributed by atoms with E-state index in [9.17, 15) is 4.79 Å². The van der Waals surface area contributed by atoms with E-state index < -0.39 is 6.09 Å². The zero-order chi connectivity index (χ0) is 12.4. The molecule has 1 unspecified atom stereocenters. The van der Waals surface area contributed by atoms with Crippen molar-refractivity contribution in [3.8, 4) is 0 Å². The number of amides is 1. The first-order chi connectivity index (χ1) is 8.08. The summed E-state index contributed by atoms with van der Waals surface area (Å²) in [6.45, 7) is 3.84. The van der Waals surface area contributed by atoms with Gasteiger partial charge in [-0.25, -0.2) is 4.79 Å². The van der Waals surface area contributed by atoms with Crippen molar-refractivity contribution in [2.24, 2.45) is 0 Å². The van der Waals surface area contributed by atoms with Gasteiger partial charge in [0.2, 0.25) is 0 Å². The molecular formula is C12H17N3O2. The number of nitrogens with zero attached hydrogens (tertiary/aromatic N) is 2. The Bertz CT molecular complexity index is 405. The molecule has 1 aromatic carbocycles. The predicted octanol–water partition coefficient (Wildman–Crippen LogP) is 1.46. The third-order valence-corrected chi connectivity index (χ3v) is 3.12. The van der Waals surface area contributed by atoms with Crippen molar-refractivity contribution in [2.75, 3.05) is 30.3 Å². The van der Waals surface area contributed by atoms with Crippen molar-refractivity contribution < 1.29 is 9.90 Å². The van der Waals surface area contributed by atoms with Crippen LogP contribution < -0.4 is 10.6 Å². The monoisotopic (exact) mass is 235 g/mol. The molecule has 17 heavy (non-hydrogen) atoms. The molecule has 1 aliphatic heterocycles. The number of nitrogens with two attached hydrogens (primary N) is 1. The molecular weight excluding hydrogens is 218 g/mol. The third-order valence-electron chi connectivity index (χ3n) is 3.12. The van der Waals surface area contributed by atoms with Gasteiger partial charge >= 0.3 is 6.09 Å². The number of hydrogen-bond donors (Lipinski definition) is 2. The first kappa shape index (κ1) is 11.6. The van der Waals surface area contributed by atoms with Gasteiger partial charge in [-0.2, -0.15) is 0 Å². The van der Waals surface area contributed by atoms with Crippen molar-refractivity contribution in [3.63, 3.8) is 0 Å². The molecule has 1 fully saturated rings. The van der Waals surface area contributed by atoms with Crippen LogP contribution in [0, 0.1) is 0 Å². The average Bonchev–Trinajstić information content (AvgIpc) is 2.30. The van der Waals surface area contributed by atoms with E-state index in [2.05, 4.69) is 4.90 Å². The summed E-state index contributed by atoms with van der Waals surface area (Å²) in [5.74, 6) is 0. The lowest BCUT2D eigenvalue weighted by molar-refractivity contribution is 0.136. The first-order valence-corrected chi connectivity index (χ1v) is 5.68. The van der Waals surface area contributed by atoms with Gasteiger partial charge in [-0.3, -0.25) is 0 Å². The van der Waals surface area contributed by atoms with E-state index in [-0.39, 0.29) is 6.04 Å². The highest BCUT2D eigenvalue weighted by atomic mass is 16.4. The molecule has 1 aromatic rings. The van der Waals surface area contributed by atoms with Crippen LogP contribution in [0.15, 0.2) is 24.3 Å². The maximum atomic E-state index is 10.9. The zero-order valence-electron chi connectivity index (χ0n) is 9.84. The lowest BCUT2D eigenvalue weighted by atomic mass is 10.1. The molecule has 1 heterocycles. The number of carbonyl (C=O) groups is 1. The van der Waals surface area contributed by atoms with Gasteiger partial charge in [0.15, 0.2) is 0 Å². The number of anilines is 2. The van der Waals surface area contributed by atoms with Gasteiger partial charge in [0.1, 0.15) is 0 Å². The molecule has 0 saturated carbocycles. The van der Waals surface area contributed by atoms with Crippen LogP contribution in [-0.2, 0) is 0 Å². The van der Waals surface area contributed by atoms with Gasteiger partial charge in [0, 0.05) is 37.1 Å². The van der Waals surface area contributed by atoms with E-state index in [1.165, 1.54) is 4.90 Å². The van der Waals surface area contributed by atoms with Crippen molar-refractivity contribution in [1.82, 2.24) is 4.90 Å². The maximum absolute atomic E-state index is 10.9. The molecule has 1 amide bonds. The van der Waals surface area contributed by atoms with Gasteiger partial charge in [0.25, 0.3) is 0 Å². The van der Waals surface area contributed by atoms with E-state index >= 15 is 0 Å². The maximum Gasteiger partial charge on any atom is 0.407 e. The fourth-order valence-corrected chi connectivity index (χ4v) is 2.18. The lowest BCUT2D eigenvalue weighted by Gasteiger charge is -2.40. The highest BCUT2D eigenvalue weighted by Gasteiger charge is 2.26. The van der Waals surface area contributed by atoms with Crippen molar-refractivity contribution in [3.05, 3.63) is 24.3 Å². The predicted molar refractivity (Wildman–Crippen MR) is 67.3 cm³/mol. The molecule has 0 bridgehead atoms. The van der Waals surface area contributed by atoms with E-state index in [4.69, 9.17) is 10.8 Å². The number of nitrogen functional groups attached to an aromatic ring is 1. The minimum atomic E-state index is -0.839. The van der Waals surface area contributed by atoms with Gasteiger partial charge in [-0.15, -0.1) is 0 Å². The third kappa shape index (κ3) is 2.43. The summed E-state index contributed by atoms with van der Waals surface area (Å²) in [5, 5.41) is 8.94. The number of carboxylic acid groups (broad SMARTS) is 1. The summed E-state index contributed by atoms with van der Waals surface area (Å²) < 4.78 is 0. The minimum Gasteiger partial charge on any atom is -0.465 e. The molecule has 0 aromatic heterocycles. The highest BCUT2D eigenvalue weighted by Crippen LogP contribution is 2.21. The minimum absolute atomic E-state index is 0.184. The first-order valence-electron chi connectivity index (χ1n) is 5.68. The molecule has 0 radical (unpaired) electrons. The second kappa shape index (κ2) is 4.53. The largest absolute Gasteiger partial charge is 0.465 e. The van der Waals surface area contributed by atoms with Gasteiger partial charge in [-0.1, -0.05) is 0 Å². The Hall–Kier alpha value is -1.91. The van der Waals surface area contributed by atoms with Crippen LogP contribution in [0.3, 0.4) is 0 Å². The van der Waals surface area contributed by atoms with Crippen LogP contribution in [0.5, 0.6) is 0 Å². The van der Waals surface area contributed by atoms with Crippen molar-refractivity contribution in [1.29, 1.82) is 0 Å². The second-order valence-corrected chi connectivity index (χ2v) is 4.36. The quantitative estimate of drug-likeness (QED) is 0.723. The Kier molecular flexibility index (Phi) is 3.08. The summed E-state index contributed by atoms with van der Waals surface area (Å²) in [6.07, 6.45) is -0.839. The van der Waals surface area contributed by atoms with E-state index in [1.54, 1.807) is 0 Å². The van der Waals surface area contributed by atoms with E-state index in [1.807, 2.05) is 31.2 Å². The molecule has 1 atom stereocenters. The van der Waals surface area contributed by atoms with Crippen LogP contribution in [0.25, 0.3) is 0 Å². The van der Waals surface area contributed by atoms with Crippen molar-refractivity contribution in [2.45, 2.75) is 13.0 Å². The molecule has 5 nitrogen and oxygen atoms in total. The fourth-order valence-electron chi connectivity index (χ4n) is 2.18. The fraction of sp³-hybridized carbons (Fsp3) is 0.417. The number of piperazine rings is 1. The smallest absolute Gasteiger partial charge is 0.407 e. The standard InChI is InChI=1S/C12H17N3O2/c1-9-8-14(12(16)17)6-7-15(9)11-4-2-10(13)3-5-11/h2-5,9H,6-8,13H2,1H3,(H,16,17). The van der Waals surface area contributed by atoms with Crippen LogP contribution >= 0.6 is 0 Å². The topological polar surface area (TPSA) is 69.8 Å². The molecule has 3 N–H and O–H groups in total. The Labute approximate surface area is 100 Å². The summed E-state index contributed by atoms with van der Waals surface area (Å²) in [6, 6.07) is 7.87. The van der Waals surface area contributed by atoms with Crippen LogP contribution in [-0.4, -0.2) is 41.8 Å². The second-order valence-electron chi connectivity index (χ2n) is 4.36. The highest BCUT2D eigenvalue weighted by molar-refractivity contribution is 5.66. The zero-order valence-corrected chi connectivity index (χ0v) is 9.84. The average molecular weight is 235 g/mol. The van der Waals surface area contributed by atoms with E-state index in [0.29, 0.717) is 13.1 Å². The number of rotatable bonds is 1. The Morgan fingerprint density at radius 3 is 2.53 bits per heavy atom. The van der Waals surface area contributed by atoms with Gasteiger partial charge in [-0.05, 0) is 31.2 Å². The molecule has 0 aliphatic carbocycles. The van der Waals surface area contributed by atoms with Gasteiger partial charge in [0.05, 0.1) is 0 Å². The molecule has 1 saturated heterocycles. The normalized spacial score (nSPS) is 20.4. The lowest BCUT2D eigenvalue weighted by Crippen LogP contribution is -2.53. The number of benzene rings is 1. The Morgan fingerprint density at radius 1 is 1.35 bits per heavy atom. The summed E-state index contributed by atoms with van der Waals surface area (Å²) in [4.78, 5) is 14.5. The van der Waals surface area contributed by atoms with E-state index in [0.717, 1.165) is 17.9 Å². The molecule has 2 rings (SSSR count). The summed E-state index contributed by atoms with van der Waals surface area (Å²) in [5.41, 5.74) is 7.48. The molecule has 92 valence electrons. The van der Waals surface area contributed by atoms with Crippen molar-refractivity contribution >= 4 is 17.5 Å². The Balaban J connectivity index is 2.09. The van der Waals surface area contributed by atoms with Gasteiger partial charge < -0.3 is 20.6 Å². The van der Waals surface area contributed by atoms with Crippen LogP contribution in [0.1, 0.15) is 6.92 Å². The molecule has 5 heteroatoms. The SMILES string of the molecule is CC1CN(C(=O)O)CCN1c1ccc(N)cc1. The summed E-state index contributed by atoms with van der Waals surface area (Å²) in [7, 11) is 0. The molecule has 0 spiro atoms. The van der Waals surface area contributed by atoms with Crippen LogP contribution in [0.4, 0.5) is 16.2 Å². The van der Waals surface area contributed by atoms with Crippen LogP contribution in [0.2, 0.25) is 0 Å².